The molecule has 3 heterocycles. The third-order valence-corrected chi connectivity index (χ3v) is 5.68. The predicted octanol–water partition coefficient (Wildman–Crippen LogP) is 3.95. The molecule has 1 fully saturated rings. The number of anilines is 2. The number of nitriles is 1. The number of benzene rings is 1. The van der Waals surface area contributed by atoms with E-state index in [1.54, 1.807) is 6.07 Å². The molecule has 33 heavy (non-hydrogen) atoms. The van der Waals surface area contributed by atoms with E-state index in [0.29, 0.717) is 42.2 Å². The fraction of sp³-hybridized carbons (Fsp3) is 0.348. The Labute approximate surface area is 196 Å². The second-order valence-corrected chi connectivity index (χ2v) is 8.45. The zero-order valence-corrected chi connectivity index (χ0v) is 19.2. The SMILES string of the molecule is Cc1cc([C@@H](C)Nc2ccc(Cl)nc2C(=O)O)c2nc(N3CCO[C@H](C)C3)c(C#N)nc2c1. The number of pyridine rings is 1. The molecule has 4 rings (SSSR count). The van der Waals surface area contributed by atoms with E-state index in [4.69, 9.17) is 21.3 Å². The Bertz CT molecular complexity index is 1280. The lowest BCUT2D eigenvalue weighted by molar-refractivity contribution is 0.0529. The van der Waals surface area contributed by atoms with Gasteiger partial charge in [0, 0.05) is 18.7 Å². The summed E-state index contributed by atoms with van der Waals surface area (Å²) < 4.78 is 5.63. The van der Waals surface area contributed by atoms with Gasteiger partial charge in [0.15, 0.2) is 17.2 Å². The maximum atomic E-state index is 11.6. The molecule has 0 spiro atoms. The first-order chi connectivity index (χ1) is 15.8. The number of rotatable bonds is 5. The number of fused-ring (bicyclic) bond motifs is 1. The Morgan fingerprint density at radius 2 is 2.15 bits per heavy atom. The van der Waals surface area contributed by atoms with Crippen LogP contribution in [0.15, 0.2) is 24.3 Å². The van der Waals surface area contributed by atoms with Gasteiger partial charge in [0.2, 0.25) is 0 Å². The fourth-order valence-electron chi connectivity index (χ4n) is 3.99. The van der Waals surface area contributed by atoms with E-state index in [2.05, 4.69) is 21.4 Å². The zero-order valence-electron chi connectivity index (χ0n) is 18.5. The van der Waals surface area contributed by atoms with Crippen molar-refractivity contribution in [2.24, 2.45) is 0 Å². The number of nitrogens with zero attached hydrogens (tertiary/aromatic N) is 5. The maximum Gasteiger partial charge on any atom is 0.356 e. The number of morpholine rings is 1. The number of aromatic carboxylic acids is 1. The summed E-state index contributed by atoms with van der Waals surface area (Å²) in [6, 6.07) is 8.84. The topological polar surface area (TPSA) is 124 Å². The van der Waals surface area contributed by atoms with E-state index < -0.39 is 5.97 Å². The minimum absolute atomic E-state index is 0.0210. The molecule has 0 saturated carbocycles. The third kappa shape index (κ3) is 4.67. The minimum atomic E-state index is -1.18. The lowest BCUT2D eigenvalue weighted by Crippen LogP contribution is -2.42. The molecular formula is C23H23ClN6O3. The summed E-state index contributed by atoms with van der Waals surface area (Å²) in [5.74, 6) is -0.652. The van der Waals surface area contributed by atoms with Crippen LogP contribution >= 0.6 is 11.6 Å². The molecule has 10 heteroatoms. The van der Waals surface area contributed by atoms with Gasteiger partial charge in [-0.1, -0.05) is 17.7 Å². The van der Waals surface area contributed by atoms with Crippen molar-refractivity contribution >= 4 is 40.1 Å². The van der Waals surface area contributed by atoms with Crippen molar-refractivity contribution in [1.29, 1.82) is 5.26 Å². The first kappa shape index (κ1) is 22.7. The third-order valence-electron chi connectivity index (χ3n) is 5.47. The molecular weight excluding hydrogens is 444 g/mol. The zero-order chi connectivity index (χ0) is 23.7. The fourth-order valence-corrected chi connectivity index (χ4v) is 4.13. The summed E-state index contributed by atoms with van der Waals surface area (Å²) in [7, 11) is 0. The van der Waals surface area contributed by atoms with Crippen molar-refractivity contribution in [1.82, 2.24) is 15.0 Å². The number of carboxylic acid groups (broad SMARTS) is 1. The van der Waals surface area contributed by atoms with E-state index >= 15 is 0 Å². The van der Waals surface area contributed by atoms with Crippen LogP contribution in [0.4, 0.5) is 11.5 Å². The average molecular weight is 467 g/mol. The van der Waals surface area contributed by atoms with Gasteiger partial charge in [-0.25, -0.2) is 19.7 Å². The molecule has 2 N–H and O–H groups in total. The van der Waals surface area contributed by atoms with Crippen LogP contribution in [0.2, 0.25) is 5.15 Å². The van der Waals surface area contributed by atoms with Crippen LogP contribution in [0.1, 0.15) is 47.2 Å². The highest BCUT2D eigenvalue weighted by Crippen LogP contribution is 2.31. The molecule has 170 valence electrons. The van der Waals surface area contributed by atoms with Crippen molar-refractivity contribution in [3.05, 3.63) is 51.9 Å². The highest BCUT2D eigenvalue weighted by Gasteiger charge is 2.24. The first-order valence-electron chi connectivity index (χ1n) is 10.5. The number of halogens is 1. The van der Waals surface area contributed by atoms with Crippen LogP contribution in [0.5, 0.6) is 0 Å². The van der Waals surface area contributed by atoms with Gasteiger partial charge in [-0.05, 0) is 44.5 Å². The molecule has 1 aliphatic rings. The molecule has 1 saturated heterocycles. The van der Waals surface area contributed by atoms with Gasteiger partial charge in [-0.3, -0.25) is 0 Å². The van der Waals surface area contributed by atoms with E-state index in [9.17, 15) is 15.2 Å². The highest BCUT2D eigenvalue weighted by molar-refractivity contribution is 6.29. The van der Waals surface area contributed by atoms with Crippen LogP contribution in [-0.2, 0) is 4.74 Å². The molecule has 0 bridgehead atoms. The number of aryl methyl sites for hydroxylation is 1. The number of hydrogen-bond acceptors (Lipinski definition) is 8. The number of hydrogen-bond donors (Lipinski definition) is 2. The van der Waals surface area contributed by atoms with Gasteiger partial charge in [0.25, 0.3) is 0 Å². The summed E-state index contributed by atoms with van der Waals surface area (Å²) >= 11 is 5.88. The summed E-state index contributed by atoms with van der Waals surface area (Å²) in [5, 5.41) is 22.6. The van der Waals surface area contributed by atoms with Crippen LogP contribution < -0.4 is 10.2 Å². The Morgan fingerprint density at radius 3 is 2.85 bits per heavy atom. The lowest BCUT2D eigenvalue weighted by Gasteiger charge is -2.32. The van der Waals surface area contributed by atoms with Crippen LogP contribution in [0.3, 0.4) is 0 Å². The van der Waals surface area contributed by atoms with Crippen molar-refractivity contribution in [3.8, 4) is 6.07 Å². The van der Waals surface area contributed by atoms with Gasteiger partial charge in [-0.15, -0.1) is 0 Å². The van der Waals surface area contributed by atoms with E-state index in [-0.39, 0.29) is 28.7 Å². The maximum absolute atomic E-state index is 11.6. The standard InChI is InChI=1S/C23H23ClN6O3/c1-12-8-15(14(3)26-16-4-5-19(24)28-21(16)23(31)32)20-17(9-12)27-18(10-25)22(29-20)30-6-7-33-13(2)11-30/h4-5,8-9,13-14,26H,6-7,11H2,1-3H3,(H,31,32)/t13-,14-/m1/s1. The molecule has 0 amide bonds. The second-order valence-electron chi connectivity index (χ2n) is 8.06. The van der Waals surface area contributed by atoms with Crippen LogP contribution in [0, 0.1) is 18.3 Å². The summed E-state index contributed by atoms with van der Waals surface area (Å²) in [6.07, 6.45) is 0.0210. The lowest BCUT2D eigenvalue weighted by atomic mass is 10.0. The number of carboxylic acids is 1. The van der Waals surface area contributed by atoms with Crippen LogP contribution in [0.25, 0.3) is 11.0 Å². The second kappa shape index (κ2) is 9.17. The number of aromatic nitrogens is 3. The molecule has 1 aromatic carbocycles. The molecule has 9 nitrogen and oxygen atoms in total. The van der Waals surface area contributed by atoms with Crippen molar-refractivity contribution in [2.45, 2.75) is 32.9 Å². The highest BCUT2D eigenvalue weighted by atomic mass is 35.5. The Kier molecular flexibility index (Phi) is 6.31. The van der Waals surface area contributed by atoms with E-state index in [1.165, 1.54) is 6.07 Å². The molecule has 0 aliphatic carbocycles. The van der Waals surface area contributed by atoms with Gasteiger partial charge >= 0.3 is 5.97 Å². The Morgan fingerprint density at radius 1 is 1.36 bits per heavy atom. The molecule has 1 aliphatic heterocycles. The molecule has 0 radical (unpaired) electrons. The summed E-state index contributed by atoms with van der Waals surface area (Å²) in [6.45, 7) is 7.60. The Balaban J connectivity index is 1.80. The molecule has 2 atom stereocenters. The number of ether oxygens (including phenoxy) is 1. The van der Waals surface area contributed by atoms with Crippen molar-refractivity contribution in [2.75, 3.05) is 29.9 Å². The van der Waals surface area contributed by atoms with Gasteiger partial charge < -0.3 is 20.1 Å². The first-order valence-corrected chi connectivity index (χ1v) is 10.9. The molecule has 3 aromatic rings. The van der Waals surface area contributed by atoms with Gasteiger partial charge in [0.05, 0.1) is 35.5 Å². The monoisotopic (exact) mass is 466 g/mol. The van der Waals surface area contributed by atoms with Gasteiger partial charge in [-0.2, -0.15) is 5.26 Å². The number of nitrogens with one attached hydrogen (secondary N) is 1. The normalized spacial score (nSPS) is 16.9. The molecule has 0 unspecified atom stereocenters. The largest absolute Gasteiger partial charge is 0.476 e. The summed E-state index contributed by atoms with van der Waals surface area (Å²) in [4.78, 5) is 27.1. The van der Waals surface area contributed by atoms with Gasteiger partial charge in [0.1, 0.15) is 11.2 Å². The number of carbonyl (C=O) groups is 1. The summed E-state index contributed by atoms with van der Waals surface area (Å²) in [5.41, 5.74) is 3.48. The van der Waals surface area contributed by atoms with Crippen molar-refractivity contribution in [3.63, 3.8) is 0 Å². The quantitative estimate of drug-likeness (QED) is 0.537. The van der Waals surface area contributed by atoms with E-state index in [0.717, 1.165) is 11.1 Å². The Hall–Kier alpha value is -3.48. The predicted molar refractivity (Wildman–Crippen MR) is 125 cm³/mol. The van der Waals surface area contributed by atoms with E-state index in [1.807, 2.05) is 37.8 Å². The minimum Gasteiger partial charge on any atom is -0.476 e. The van der Waals surface area contributed by atoms with Crippen molar-refractivity contribution < 1.29 is 14.6 Å². The smallest absolute Gasteiger partial charge is 0.356 e. The van der Waals surface area contributed by atoms with Crippen LogP contribution in [-0.4, -0.2) is 51.8 Å². The average Bonchev–Trinajstić information content (AvgIpc) is 2.78. The molecule has 2 aromatic heterocycles.